The first kappa shape index (κ1) is 13.6. The van der Waals surface area contributed by atoms with Crippen molar-refractivity contribution >= 4 is 35.0 Å². The Kier molecular flexibility index (Phi) is 4.07. The molecule has 5 heteroatoms. The number of halogens is 1. The van der Waals surface area contributed by atoms with Crippen LogP contribution in [0.5, 0.6) is 0 Å². The monoisotopic (exact) mass is 284 g/mol. The van der Waals surface area contributed by atoms with E-state index >= 15 is 0 Å². The van der Waals surface area contributed by atoms with Gasteiger partial charge in [-0.3, -0.25) is 4.79 Å². The van der Waals surface area contributed by atoms with Gasteiger partial charge >= 0.3 is 0 Å². The minimum atomic E-state index is -0.127. The Morgan fingerprint density at radius 2 is 2.39 bits per heavy atom. The van der Waals surface area contributed by atoms with Crippen LogP contribution in [0.1, 0.15) is 30.1 Å². The molecule has 1 saturated heterocycles. The molecule has 1 unspecified atom stereocenters. The Morgan fingerprint density at radius 3 is 3.00 bits per heavy atom. The zero-order valence-electron chi connectivity index (χ0n) is 10.3. The summed E-state index contributed by atoms with van der Waals surface area (Å²) in [7, 11) is 0. The van der Waals surface area contributed by atoms with E-state index in [1.54, 1.807) is 18.2 Å². The van der Waals surface area contributed by atoms with Crippen LogP contribution in [0.3, 0.4) is 0 Å². The van der Waals surface area contributed by atoms with Crippen molar-refractivity contribution in [3.05, 3.63) is 28.8 Å². The average molecular weight is 285 g/mol. The second kappa shape index (κ2) is 5.41. The zero-order valence-corrected chi connectivity index (χ0v) is 11.9. The van der Waals surface area contributed by atoms with Gasteiger partial charge in [-0.1, -0.05) is 11.6 Å². The SMILES string of the molecule is CC1(CNC(=O)c2ccc(Cl)cc2N)CCCS1. The van der Waals surface area contributed by atoms with Crippen LogP contribution in [0, 0.1) is 0 Å². The van der Waals surface area contributed by atoms with Gasteiger partial charge in [0.05, 0.1) is 5.56 Å². The van der Waals surface area contributed by atoms with E-state index in [0.717, 1.165) is 6.42 Å². The molecule has 98 valence electrons. The molecule has 0 spiro atoms. The van der Waals surface area contributed by atoms with Crippen LogP contribution in [-0.4, -0.2) is 23.0 Å². The highest BCUT2D eigenvalue weighted by Crippen LogP contribution is 2.37. The number of benzene rings is 1. The summed E-state index contributed by atoms with van der Waals surface area (Å²) in [5.74, 6) is 1.05. The first-order chi connectivity index (χ1) is 8.50. The van der Waals surface area contributed by atoms with Crippen LogP contribution in [-0.2, 0) is 0 Å². The van der Waals surface area contributed by atoms with E-state index in [4.69, 9.17) is 17.3 Å². The van der Waals surface area contributed by atoms with E-state index < -0.39 is 0 Å². The lowest BCUT2D eigenvalue weighted by Gasteiger charge is -2.23. The van der Waals surface area contributed by atoms with Crippen molar-refractivity contribution in [2.75, 3.05) is 18.0 Å². The Bertz CT molecular complexity index is 458. The van der Waals surface area contributed by atoms with Gasteiger partial charge in [-0.15, -0.1) is 0 Å². The Balaban J connectivity index is 1.99. The molecular weight excluding hydrogens is 268 g/mol. The molecule has 0 bridgehead atoms. The predicted molar refractivity (Wildman–Crippen MR) is 78.3 cm³/mol. The summed E-state index contributed by atoms with van der Waals surface area (Å²) in [6, 6.07) is 4.94. The van der Waals surface area contributed by atoms with Crippen molar-refractivity contribution in [1.82, 2.24) is 5.32 Å². The number of nitrogens with one attached hydrogen (secondary N) is 1. The van der Waals surface area contributed by atoms with Crippen LogP contribution in [0.2, 0.25) is 5.02 Å². The number of anilines is 1. The Morgan fingerprint density at radius 1 is 1.61 bits per heavy atom. The summed E-state index contributed by atoms with van der Waals surface area (Å²) < 4.78 is 0.164. The van der Waals surface area contributed by atoms with Crippen LogP contribution in [0.25, 0.3) is 0 Å². The quantitative estimate of drug-likeness (QED) is 0.839. The van der Waals surface area contributed by atoms with Gasteiger partial charge < -0.3 is 11.1 Å². The van der Waals surface area contributed by atoms with Gasteiger partial charge in [-0.25, -0.2) is 0 Å². The smallest absolute Gasteiger partial charge is 0.253 e. The summed E-state index contributed by atoms with van der Waals surface area (Å²) in [6.07, 6.45) is 2.37. The Hall–Kier alpha value is -0.870. The van der Waals surface area contributed by atoms with E-state index in [1.807, 2.05) is 11.8 Å². The van der Waals surface area contributed by atoms with Gasteiger partial charge in [0.25, 0.3) is 5.91 Å². The fourth-order valence-corrected chi connectivity index (χ4v) is 3.50. The summed E-state index contributed by atoms with van der Waals surface area (Å²) >= 11 is 7.73. The third-order valence-corrected chi connectivity index (χ3v) is 4.95. The van der Waals surface area contributed by atoms with E-state index in [1.165, 1.54) is 12.2 Å². The molecule has 18 heavy (non-hydrogen) atoms. The van der Waals surface area contributed by atoms with Crippen molar-refractivity contribution in [2.24, 2.45) is 0 Å². The molecule has 0 saturated carbocycles. The van der Waals surface area contributed by atoms with Gasteiger partial charge in [0.2, 0.25) is 0 Å². The zero-order chi connectivity index (χ0) is 13.2. The molecule has 1 fully saturated rings. The van der Waals surface area contributed by atoms with Gasteiger partial charge in [0, 0.05) is 22.0 Å². The first-order valence-electron chi connectivity index (χ1n) is 5.97. The number of carbonyl (C=O) groups excluding carboxylic acids is 1. The lowest BCUT2D eigenvalue weighted by molar-refractivity contribution is 0.0951. The number of carbonyl (C=O) groups is 1. The molecule has 1 aliphatic heterocycles. The molecule has 1 aromatic rings. The number of thioether (sulfide) groups is 1. The van der Waals surface area contributed by atoms with Crippen molar-refractivity contribution in [3.63, 3.8) is 0 Å². The van der Waals surface area contributed by atoms with Crippen molar-refractivity contribution in [1.29, 1.82) is 0 Å². The molecule has 1 aromatic carbocycles. The highest BCUT2D eigenvalue weighted by Gasteiger charge is 2.29. The first-order valence-corrected chi connectivity index (χ1v) is 7.34. The van der Waals surface area contributed by atoms with Crippen LogP contribution in [0.4, 0.5) is 5.69 Å². The van der Waals surface area contributed by atoms with E-state index in [9.17, 15) is 4.79 Å². The topological polar surface area (TPSA) is 55.1 Å². The molecule has 2 rings (SSSR count). The van der Waals surface area contributed by atoms with E-state index in [0.29, 0.717) is 22.8 Å². The summed E-state index contributed by atoms with van der Waals surface area (Å²) in [5.41, 5.74) is 6.70. The number of hydrogen-bond donors (Lipinski definition) is 2. The number of nitrogen functional groups attached to an aromatic ring is 1. The van der Waals surface area contributed by atoms with Crippen molar-refractivity contribution in [3.8, 4) is 0 Å². The molecule has 1 heterocycles. The molecule has 3 nitrogen and oxygen atoms in total. The van der Waals surface area contributed by atoms with Crippen LogP contribution in [0.15, 0.2) is 18.2 Å². The normalized spacial score (nSPS) is 23.0. The minimum Gasteiger partial charge on any atom is -0.398 e. The van der Waals surface area contributed by atoms with Gasteiger partial charge in [-0.2, -0.15) is 11.8 Å². The largest absolute Gasteiger partial charge is 0.398 e. The highest BCUT2D eigenvalue weighted by molar-refractivity contribution is 8.00. The molecule has 1 amide bonds. The third-order valence-electron chi connectivity index (χ3n) is 3.18. The number of hydrogen-bond acceptors (Lipinski definition) is 3. The van der Waals surface area contributed by atoms with Gasteiger partial charge in [-0.05, 0) is 43.7 Å². The number of nitrogens with two attached hydrogens (primary N) is 1. The molecular formula is C13H17ClN2OS. The fourth-order valence-electron chi connectivity index (χ4n) is 2.08. The Labute approximate surface area is 116 Å². The number of amides is 1. The predicted octanol–water partition coefficient (Wildman–Crippen LogP) is 2.94. The maximum Gasteiger partial charge on any atom is 0.253 e. The molecule has 3 N–H and O–H groups in total. The second-order valence-corrected chi connectivity index (χ2v) is 6.94. The highest BCUT2D eigenvalue weighted by atomic mass is 35.5. The standard InChI is InChI=1S/C13H17ClN2OS/c1-13(5-2-6-18-13)8-16-12(17)10-4-3-9(14)7-11(10)15/h3-4,7H,2,5-6,8,15H2,1H3,(H,16,17). The average Bonchev–Trinajstić information content (AvgIpc) is 2.74. The van der Waals surface area contributed by atoms with Crippen LogP contribution >= 0.6 is 23.4 Å². The van der Waals surface area contributed by atoms with Crippen LogP contribution < -0.4 is 11.1 Å². The lowest BCUT2D eigenvalue weighted by Crippen LogP contribution is -2.37. The van der Waals surface area contributed by atoms with E-state index in [-0.39, 0.29) is 10.7 Å². The number of rotatable bonds is 3. The summed E-state index contributed by atoms with van der Waals surface area (Å²) in [4.78, 5) is 12.0. The molecule has 1 atom stereocenters. The van der Waals surface area contributed by atoms with Gasteiger partial charge in [0.1, 0.15) is 0 Å². The molecule has 0 radical (unpaired) electrons. The second-order valence-electron chi connectivity index (χ2n) is 4.82. The maximum atomic E-state index is 12.0. The summed E-state index contributed by atoms with van der Waals surface area (Å²) in [5, 5.41) is 3.50. The van der Waals surface area contributed by atoms with Crippen molar-refractivity contribution in [2.45, 2.75) is 24.5 Å². The van der Waals surface area contributed by atoms with Gasteiger partial charge in [0.15, 0.2) is 0 Å². The third kappa shape index (κ3) is 3.12. The van der Waals surface area contributed by atoms with Crippen molar-refractivity contribution < 1.29 is 4.79 Å². The minimum absolute atomic E-state index is 0.127. The maximum absolute atomic E-state index is 12.0. The van der Waals surface area contributed by atoms with E-state index in [2.05, 4.69) is 12.2 Å². The molecule has 1 aliphatic rings. The lowest BCUT2D eigenvalue weighted by atomic mass is 10.1. The fraction of sp³-hybridized carbons (Fsp3) is 0.462. The molecule has 0 aromatic heterocycles. The molecule has 0 aliphatic carbocycles. The summed E-state index contributed by atoms with van der Waals surface area (Å²) in [6.45, 7) is 2.87.